The first-order valence-corrected chi connectivity index (χ1v) is 10.5. The van der Waals surface area contributed by atoms with Gasteiger partial charge >= 0.3 is 5.97 Å². The van der Waals surface area contributed by atoms with Crippen molar-refractivity contribution >= 4 is 16.9 Å². The molecule has 0 saturated carbocycles. The van der Waals surface area contributed by atoms with Gasteiger partial charge in [0.1, 0.15) is 11.3 Å². The van der Waals surface area contributed by atoms with Gasteiger partial charge in [-0.2, -0.15) is 0 Å². The Labute approximate surface area is 176 Å². The molecule has 5 rings (SSSR count). The maximum absolute atomic E-state index is 12.6. The predicted octanol–water partition coefficient (Wildman–Crippen LogP) is 6.35. The quantitative estimate of drug-likeness (QED) is 0.298. The highest BCUT2D eigenvalue weighted by Crippen LogP contribution is 2.31. The van der Waals surface area contributed by atoms with Crippen LogP contribution >= 0.6 is 0 Å². The van der Waals surface area contributed by atoms with Gasteiger partial charge in [-0.3, -0.25) is 4.79 Å². The molecule has 3 aromatic carbocycles. The minimum absolute atomic E-state index is 0.199. The summed E-state index contributed by atoms with van der Waals surface area (Å²) in [4.78, 5) is 12.6. The second-order valence-corrected chi connectivity index (χ2v) is 8.23. The number of hydrogen-bond donors (Lipinski definition) is 0. The van der Waals surface area contributed by atoms with Crippen LogP contribution in [0.25, 0.3) is 22.1 Å². The van der Waals surface area contributed by atoms with Crippen LogP contribution in [0.4, 0.5) is 0 Å². The first kappa shape index (κ1) is 18.7. The number of fused-ring (bicyclic) bond motifs is 2. The topological polar surface area (TPSA) is 39.4 Å². The molecule has 1 aliphatic rings. The molecule has 0 spiro atoms. The molecule has 0 fully saturated rings. The Morgan fingerprint density at radius 2 is 1.67 bits per heavy atom. The van der Waals surface area contributed by atoms with Crippen molar-refractivity contribution in [3.8, 4) is 16.9 Å². The van der Waals surface area contributed by atoms with Gasteiger partial charge in [0, 0.05) is 10.9 Å². The molecule has 1 aliphatic carbocycles. The monoisotopic (exact) mass is 396 g/mol. The van der Waals surface area contributed by atoms with Crippen molar-refractivity contribution in [1.82, 2.24) is 0 Å². The Bertz CT molecular complexity index is 1250. The fraction of sp³-hybridized carbons (Fsp3) is 0.222. The molecule has 30 heavy (non-hydrogen) atoms. The van der Waals surface area contributed by atoms with Crippen molar-refractivity contribution in [1.29, 1.82) is 0 Å². The molecule has 0 N–H and O–H groups in total. The summed E-state index contributed by atoms with van der Waals surface area (Å²) >= 11 is 0. The zero-order valence-electron chi connectivity index (χ0n) is 17.3. The molecule has 3 heteroatoms. The highest BCUT2D eigenvalue weighted by molar-refractivity contribution is 5.87. The maximum Gasteiger partial charge on any atom is 0.315 e. The highest BCUT2D eigenvalue weighted by Gasteiger charge is 2.18. The summed E-state index contributed by atoms with van der Waals surface area (Å²) in [6, 6.07) is 18.7. The minimum atomic E-state index is -0.274. The van der Waals surface area contributed by atoms with Crippen LogP contribution in [0.15, 0.2) is 65.3 Å². The molecule has 0 unspecified atom stereocenters. The lowest BCUT2D eigenvalue weighted by molar-refractivity contribution is -0.133. The lowest BCUT2D eigenvalue weighted by Gasteiger charge is -2.10. The molecule has 0 amide bonds. The molecule has 0 atom stereocenters. The summed E-state index contributed by atoms with van der Waals surface area (Å²) in [5, 5.41) is 1.03. The van der Waals surface area contributed by atoms with Crippen molar-refractivity contribution in [2.45, 2.75) is 39.5 Å². The number of esters is 1. The first-order chi connectivity index (χ1) is 14.6. The molecule has 0 bridgehead atoms. The second-order valence-electron chi connectivity index (χ2n) is 8.23. The van der Waals surface area contributed by atoms with Gasteiger partial charge in [0.2, 0.25) is 0 Å². The van der Waals surface area contributed by atoms with Gasteiger partial charge in [-0.05, 0) is 85.2 Å². The Morgan fingerprint density at radius 3 is 2.43 bits per heavy atom. The van der Waals surface area contributed by atoms with E-state index in [1.807, 2.05) is 19.1 Å². The normalized spacial score (nSPS) is 12.9. The van der Waals surface area contributed by atoms with E-state index in [0.29, 0.717) is 5.75 Å². The van der Waals surface area contributed by atoms with Crippen molar-refractivity contribution in [2.75, 3.05) is 0 Å². The molecule has 3 nitrogen and oxygen atoms in total. The second kappa shape index (κ2) is 7.49. The van der Waals surface area contributed by atoms with Gasteiger partial charge in [0.15, 0.2) is 0 Å². The van der Waals surface area contributed by atoms with Crippen molar-refractivity contribution < 1.29 is 13.9 Å². The summed E-state index contributed by atoms with van der Waals surface area (Å²) in [7, 11) is 0. The summed E-state index contributed by atoms with van der Waals surface area (Å²) in [5.74, 6) is 0.328. The average molecular weight is 396 g/mol. The molecular formula is C27H24O3. The van der Waals surface area contributed by atoms with Crippen LogP contribution < -0.4 is 4.74 Å². The van der Waals surface area contributed by atoms with Gasteiger partial charge in [0.25, 0.3) is 0 Å². The lowest BCUT2D eigenvalue weighted by atomic mass is 10.0. The largest absolute Gasteiger partial charge is 0.464 e. The van der Waals surface area contributed by atoms with Gasteiger partial charge in [-0.25, -0.2) is 0 Å². The summed E-state index contributed by atoms with van der Waals surface area (Å²) in [6.07, 6.45) is 5.30. The maximum atomic E-state index is 12.6. The number of rotatable bonds is 4. The molecule has 1 aromatic heterocycles. The van der Waals surface area contributed by atoms with Gasteiger partial charge in [0.05, 0.1) is 12.7 Å². The zero-order chi connectivity index (χ0) is 20.7. The molecule has 0 saturated heterocycles. The number of ether oxygens (including phenoxy) is 1. The van der Waals surface area contributed by atoms with E-state index in [4.69, 9.17) is 9.15 Å². The van der Waals surface area contributed by atoms with Crippen LogP contribution in [0.5, 0.6) is 5.75 Å². The standard InChI is InChI=1S/C27H24O3/c1-17-6-8-19(9-7-17)22-10-11-25(18(2)12-22)30-27(28)15-23-16-29-26-14-21-5-3-4-20(21)13-24(23)26/h6-14,16H,3-5,15H2,1-2H3. The summed E-state index contributed by atoms with van der Waals surface area (Å²) in [6.45, 7) is 4.05. The average Bonchev–Trinajstić information content (AvgIpc) is 3.35. The highest BCUT2D eigenvalue weighted by atomic mass is 16.5. The van der Waals surface area contributed by atoms with Gasteiger partial charge in [-0.1, -0.05) is 35.9 Å². The predicted molar refractivity (Wildman–Crippen MR) is 119 cm³/mol. The van der Waals surface area contributed by atoms with E-state index in [9.17, 15) is 4.79 Å². The summed E-state index contributed by atoms with van der Waals surface area (Å²) in [5.41, 5.74) is 8.93. The fourth-order valence-corrected chi connectivity index (χ4v) is 4.29. The third-order valence-electron chi connectivity index (χ3n) is 5.99. The number of hydrogen-bond acceptors (Lipinski definition) is 3. The van der Waals surface area contributed by atoms with Crippen LogP contribution in [-0.2, 0) is 24.1 Å². The number of furan rings is 1. The number of aryl methyl sites for hydroxylation is 4. The van der Waals surface area contributed by atoms with E-state index in [0.717, 1.165) is 46.1 Å². The van der Waals surface area contributed by atoms with Crippen molar-refractivity contribution in [3.05, 3.63) is 88.7 Å². The molecule has 0 aliphatic heterocycles. The lowest BCUT2D eigenvalue weighted by Crippen LogP contribution is -2.11. The molecule has 150 valence electrons. The molecule has 0 radical (unpaired) electrons. The molecule has 1 heterocycles. The first-order valence-electron chi connectivity index (χ1n) is 10.5. The van der Waals surface area contributed by atoms with Crippen LogP contribution in [0, 0.1) is 13.8 Å². The van der Waals surface area contributed by atoms with Crippen molar-refractivity contribution in [2.24, 2.45) is 0 Å². The number of carbonyl (C=O) groups excluding carboxylic acids is 1. The summed E-state index contributed by atoms with van der Waals surface area (Å²) < 4.78 is 11.4. The van der Waals surface area contributed by atoms with Crippen LogP contribution in [0.3, 0.4) is 0 Å². The van der Waals surface area contributed by atoms with Gasteiger partial charge < -0.3 is 9.15 Å². The van der Waals surface area contributed by atoms with Crippen LogP contribution in [-0.4, -0.2) is 5.97 Å². The third kappa shape index (κ3) is 3.52. The van der Waals surface area contributed by atoms with E-state index in [2.05, 4.69) is 49.4 Å². The van der Waals surface area contributed by atoms with Crippen LogP contribution in [0.1, 0.15) is 34.2 Å². The minimum Gasteiger partial charge on any atom is -0.464 e. The fourth-order valence-electron chi connectivity index (χ4n) is 4.29. The van der Waals surface area contributed by atoms with E-state index in [-0.39, 0.29) is 12.4 Å². The Balaban J connectivity index is 1.33. The Hall–Kier alpha value is -3.33. The Kier molecular flexibility index (Phi) is 4.66. The van der Waals surface area contributed by atoms with Gasteiger partial charge in [-0.15, -0.1) is 0 Å². The SMILES string of the molecule is Cc1ccc(-c2ccc(OC(=O)Cc3coc4cc5c(cc34)CCC5)c(C)c2)cc1. The van der Waals surface area contributed by atoms with Crippen LogP contribution in [0.2, 0.25) is 0 Å². The smallest absolute Gasteiger partial charge is 0.315 e. The molecule has 4 aromatic rings. The van der Waals surface area contributed by atoms with E-state index in [1.165, 1.54) is 23.1 Å². The molecular weight excluding hydrogens is 372 g/mol. The van der Waals surface area contributed by atoms with E-state index < -0.39 is 0 Å². The zero-order valence-corrected chi connectivity index (χ0v) is 17.3. The van der Waals surface area contributed by atoms with E-state index in [1.54, 1.807) is 6.26 Å². The third-order valence-corrected chi connectivity index (χ3v) is 5.99. The Morgan fingerprint density at radius 1 is 0.933 bits per heavy atom. The number of benzene rings is 3. The van der Waals surface area contributed by atoms with E-state index >= 15 is 0 Å². The number of carbonyl (C=O) groups is 1. The van der Waals surface area contributed by atoms with Crippen molar-refractivity contribution in [3.63, 3.8) is 0 Å².